The quantitative estimate of drug-likeness (QED) is 0.173. The Morgan fingerprint density at radius 3 is 2.47 bits per heavy atom. The minimum absolute atomic E-state index is 0.0514. The van der Waals surface area contributed by atoms with Crippen LogP contribution < -0.4 is 27.2 Å². The number of thiophene rings is 1. The smallest absolute Gasteiger partial charge is 0.270 e. The van der Waals surface area contributed by atoms with Crippen molar-refractivity contribution in [2.75, 3.05) is 30.5 Å². The maximum absolute atomic E-state index is 12.6. The third-order valence-corrected chi connectivity index (χ3v) is 7.34. The van der Waals surface area contributed by atoms with Gasteiger partial charge in [-0.1, -0.05) is 10.5 Å². The van der Waals surface area contributed by atoms with Crippen molar-refractivity contribution < 1.29 is 18.4 Å². The summed E-state index contributed by atoms with van der Waals surface area (Å²) in [5, 5.41) is 18.1. The summed E-state index contributed by atoms with van der Waals surface area (Å²) in [4.78, 5) is 29.2. The molecular formula is C18H20N4O6S2. The number of phenols is 1. The molecule has 0 saturated heterocycles. The molecule has 1 atom stereocenters. The van der Waals surface area contributed by atoms with Crippen LogP contribution in [-0.2, 0) is 14.9 Å². The van der Waals surface area contributed by atoms with Gasteiger partial charge in [0.05, 0.1) is 24.5 Å². The third-order valence-electron chi connectivity index (χ3n) is 4.52. The number of hydrogen-bond donors (Lipinski definition) is 4. The van der Waals surface area contributed by atoms with Crippen LogP contribution in [0.5, 0.6) is 5.75 Å². The highest BCUT2D eigenvalue weighted by Gasteiger charge is 2.30. The van der Waals surface area contributed by atoms with Crippen LogP contribution >= 0.6 is 11.3 Å². The highest BCUT2D eigenvalue weighted by atomic mass is 32.2. The molecule has 12 heteroatoms. The molecular weight excluding hydrogens is 432 g/mol. The molecule has 3 rings (SSSR count). The van der Waals surface area contributed by atoms with Crippen LogP contribution in [0.3, 0.4) is 0 Å². The fraction of sp³-hybridized carbons (Fsp3) is 0.222. The highest BCUT2D eigenvalue weighted by Crippen LogP contribution is 2.39. The lowest BCUT2D eigenvalue weighted by Gasteiger charge is -2.21. The first-order valence-electron chi connectivity index (χ1n) is 8.64. The number of nitrogen functional groups attached to an aromatic ring is 1. The van der Waals surface area contributed by atoms with Crippen molar-refractivity contribution in [3.8, 4) is 5.75 Å². The molecule has 1 heterocycles. The molecule has 0 bridgehead atoms. The van der Waals surface area contributed by atoms with Crippen molar-refractivity contribution in [1.82, 2.24) is 4.47 Å². The van der Waals surface area contributed by atoms with Gasteiger partial charge < -0.3 is 21.5 Å². The van der Waals surface area contributed by atoms with Crippen LogP contribution in [0.2, 0.25) is 0 Å². The van der Waals surface area contributed by atoms with Gasteiger partial charge in [0.2, 0.25) is 0 Å². The first-order valence-corrected chi connectivity index (χ1v) is 11.0. The maximum atomic E-state index is 12.6. The first kappa shape index (κ1) is 21.8. The van der Waals surface area contributed by atoms with Crippen molar-refractivity contribution >= 4 is 44.1 Å². The molecule has 0 unspecified atom stereocenters. The zero-order chi connectivity index (χ0) is 22.2. The molecule has 30 heavy (non-hydrogen) atoms. The molecule has 0 aliphatic heterocycles. The Kier molecular flexibility index (Phi) is 5.85. The number of benzene rings is 1. The Bertz CT molecular complexity index is 1250. The summed E-state index contributed by atoms with van der Waals surface area (Å²) >= 11 is 1.49. The molecule has 0 aliphatic rings. The van der Waals surface area contributed by atoms with Gasteiger partial charge in [-0.3, -0.25) is 14.4 Å². The Morgan fingerprint density at radius 2 is 1.87 bits per heavy atom. The van der Waals surface area contributed by atoms with Gasteiger partial charge in [-0.2, -0.15) is 0 Å². The molecule has 5 N–H and O–H groups in total. The maximum Gasteiger partial charge on any atom is 0.270 e. The minimum Gasteiger partial charge on any atom is -0.504 e. The Balaban J connectivity index is 1.97. The molecule has 10 nitrogen and oxygen atoms in total. The fourth-order valence-electron chi connectivity index (χ4n) is 2.79. The predicted octanol–water partition coefficient (Wildman–Crippen LogP) is 1.73. The van der Waals surface area contributed by atoms with E-state index in [1.165, 1.54) is 23.5 Å². The molecule has 0 fully saturated rings. The van der Waals surface area contributed by atoms with Crippen molar-refractivity contribution in [3.63, 3.8) is 0 Å². The van der Waals surface area contributed by atoms with E-state index in [0.29, 0.717) is 4.47 Å². The lowest BCUT2D eigenvalue weighted by atomic mass is 10.1. The molecule has 0 saturated carbocycles. The first-order chi connectivity index (χ1) is 14.1. The lowest BCUT2D eigenvalue weighted by molar-refractivity contribution is -0.0259. The number of phenolic OH excluding ortho intramolecular Hbond substituents is 1. The number of nitrogens with two attached hydrogens (primary N) is 1. The van der Waals surface area contributed by atoms with E-state index < -0.39 is 31.5 Å². The number of hydrogen-bond acceptors (Lipinski definition) is 10. The summed E-state index contributed by atoms with van der Waals surface area (Å²) in [7, 11) is -1.99. The molecule has 0 amide bonds. The third kappa shape index (κ3) is 3.65. The van der Waals surface area contributed by atoms with E-state index in [0.717, 1.165) is 19.0 Å². The zero-order valence-corrected chi connectivity index (χ0v) is 17.9. The van der Waals surface area contributed by atoms with Crippen LogP contribution in [0.1, 0.15) is 17.8 Å². The van der Waals surface area contributed by atoms with Gasteiger partial charge in [0.15, 0.2) is 10.6 Å². The average Bonchev–Trinajstić information content (AvgIpc) is 3.25. The molecule has 1 aromatic heterocycles. The molecule has 0 aliphatic carbocycles. The Morgan fingerprint density at radius 1 is 1.20 bits per heavy atom. The van der Waals surface area contributed by atoms with Gasteiger partial charge in [0.25, 0.3) is 20.9 Å². The van der Waals surface area contributed by atoms with E-state index in [1.54, 1.807) is 0 Å². The monoisotopic (exact) mass is 452 g/mol. The van der Waals surface area contributed by atoms with Gasteiger partial charge in [0, 0.05) is 11.9 Å². The SMILES string of the molecule is CON(C)S(=O)(=O)c1c(N)ccc(Nc2c(N[C@H](C)c3cccs3)c(=O)c2=O)c1O. The second kappa shape index (κ2) is 8.07. The summed E-state index contributed by atoms with van der Waals surface area (Å²) in [6, 6.07) is 6.08. The number of nitrogens with one attached hydrogen (secondary N) is 2. The highest BCUT2D eigenvalue weighted by molar-refractivity contribution is 7.89. The number of rotatable bonds is 8. The topological polar surface area (TPSA) is 151 Å². The molecule has 3 aromatic rings. The number of aromatic hydroxyl groups is 1. The Hall–Kier alpha value is -2.93. The minimum atomic E-state index is -4.27. The number of anilines is 4. The Labute approximate surface area is 176 Å². The van der Waals surface area contributed by atoms with Gasteiger partial charge >= 0.3 is 0 Å². The van der Waals surface area contributed by atoms with Crippen LogP contribution in [0.25, 0.3) is 0 Å². The van der Waals surface area contributed by atoms with Crippen molar-refractivity contribution in [2.24, 2.45) is 0 Å². The average molecular weight is 453 g/mol. The van der Waals surface area contributed by atoms with Crippen LogP contribution in [0.15, 0.2) is 44.1 Å². The van der Waals surface area contributed by atoms with Gasteiger partial charge in [-0.05, 0) is 30.5 Å². The summed E-state index contributed by atoms with van der Waals surface area (Å²) in [5.41, 5.74) is 3.91. The van der Waals surface area contributed by atoms with E-state index in [1.807, 2.05) is 24.4 Å². The largest absolute Gasteiger partial charge is 0.504 e. The van der Waals surface area contributed by atoms with Crippen molar-refractivity contribution in [1.29, 1.82) is 0 Å². The number of hydroxylamine groups is 1. The normalized spacial score (nSPS) is 12.9. The molecule has 2 aromatic carbocycles. The van der Waals surface area contributed by atoms with Gasteiger partial charge in [-0.25, -0.2) is 8.42 Å². The molecule has 0 radical (unpaired) electrons. The lowest BCUT2D eigenvalue weighted by Crippen LogP contribution is -2.37. The predicted molar refractivity (Wildman–Crippen MR) is 115 cm³/mol. The summed E-state index contributed by atoms with van der Waals surface area (Å²) in [6.45, 7) is 1.83. The summed E-state index contributed by atoms with van der Waals surface area (Å²) in [6.07, 6.45) is 0. The van der Waals surface area contributed by atoms with E-state index in [-0.39, 0.29) is 28.8 Å². The van der Waals surface area contributed by atoms with E-state index in [9.17, 15) is 23.1 Å². The van der Waals surface area contributed by atoms with Crippen LogP contribution in [0.4, 0.5) is 22.7 Å². The van der Waals surface area contributed by atoms with E-state index >= 15 is 0 Å². The van der Waals surface area contributed by atoms with Gasteiger partial charge in [0.1, 0.15) is 11.4 Å². The number of sulfonamides is 1. The zero-order valence-electron chi connectivity index (χ0n) is 16.3. The standard InChI is InChI=1S/C18H20N4O6S2/c1-9(12-5-4-8-29-12)20-13-14(17(25)16(13)24)21-11-7-6-10(19)18(15(11)23)30(26,27)22(2)28-3/h4-9,20-21,23H,19H2,1-3H3/t9-/m1/s1. The van der Waals surface area contributed by atoms with Gasteiger partial charge in [-0.15, -0.1) is 11.3 Å². The van der Waals surface area contributed by atoms with Crippen LogP contribution in [0, 0.1) is 0 Å². The fourth-order valence-corrected chi connectivity index (χ4v) is 4.70. The van der Waals surface area contributed by atoms with Crippen molar-refractivity contribution in [3.05, 3.63) is 55.0 Å². The summed E-state index contributed by atoms with van der Waals surface area (Å²) < 4.78 is 25.7. The van der Waals surface area contributed by atoms with E-state index in [2.05, 4.69) is 10.6 Å². The number of nitrogens with zero attached hydrogens (tertiary/aromatic N) is 1. The van der Waals surface area contributed by atoms with Crippen LogP contribution in [-0.4, -0.2) is 32.2 Å². The second-order valence-corrected chi connectivity index (χ2v) is 9.24. The van der Waals surface area contributed by atoms with Crippen molar-refractivity contribution in [2.45, 2.75) is 17.9 Å². The second-order valence-electron chi connectivity index (χ2n) is 6.39. The van der Waals surface area contributed by atoms with E-state index in [4.69, 9.17) is 10.6 Å². The molecule has 160 valence electrons. The molecule has 0 spiro atoms. The summed E-state index contributed by atoms with van der Waals surface area (Å²) in [5.74, 6) is -0.704.